The number of esters is 1. The van der Waals surface area contributed by atoms with Crippen molar-refractivity contribution >= 4 is 17.6 Å². The van der Waals surface area contributed by atoms with Crippen LogP contribution in [0, 0.1) is 6.92 Å². The third-order valence-electron chi connectivity index (χ3n) is 4.00. The van der Waals surface area contributed by atoms with Crippen molar-refractivity contribution in [3.63, 3.8) is 0 Å². The van der Waals surface area contributed by atoms with Gasteiger partial charge in [0.1, 0.15) is 0 Å². The van der Waals surface area contributed by atoms with Crippen molar-refractivity contribution in [2.45, 2.75) is 33.1 Å². The highest BCUT2D eigenvalue weighted by atomic mass is 16.5. The number of carbonyl (C=O) groups is 2. The maximum atomic E-state index is 12.1. The maximum absolute atomic E-state index is 12.1. The highest BCUT2D eigenvalue weighted by Crippen LogP contribution is 2.26. The fourth-order valence-electron chi connectivity index (χ4n) is 2.35. The molecule has 0 aromatic heterocycles. The molecular formula is C20H23NO3. The first kappa shape index (κ1) is 17.7. The minimum Gasteiger partial charge on any atom is -0.452 e. The van der Waals surface area contributed by atoms with Crippen molar-refractivity contribution in [3.05, 3.63) is 65.2 Å². The van der Waals surface area contributed by atoms with Gasteiger partial charge in [0.25, 0.3) is 5.91 Å². The molecule has 1 amide bonds. The number of aryl methyl sites for hydroxylation is 1. The van der Waals surface area contributed by atoms with Gasteiger partial charge >= 0.3 is 5.97 Å². The van der Waals surface area contributed by atoms with Crippen molar-refractivity contribution in [2.24, 2.45) is 0 Å². The summed E-state index contributed by atoms with van der Waals surface area (Å²) in [7, 11) is 0. The molecule has 1 atom stereocenters. The van der Waals surface area contributed by atoms with E-state index in [1.807, 2.05) is 43.3 Å². The number of hydrogen-bond donors (Lipinski definition) is 1. The molecule has 126 valence electrons. The molecule has 0 saturated heterocycles. The van der Waals surface area contributed by atoms with E-state index >= 15 is 0 Å². The maximum Gasteiger partial charge on any atom is 0.338 e. The largest absolute Gasteiger partial charge is 0.452 e. The van der Waals surface area contributed by atoms with Crippen molar-refractivity contribution in [1.82, 2.24) is 0 Å². The summed E-state index contributed by atoms with van der Waals surface area (Å²) in [6, 6.07) is 14.7. The molecule has 0 radical (unpaired) electrons. The summed E-state index contributed by atoms with van der Waals surface area (Å²) in [6.07, 6.45) is 0.981. The van der Waals surface area contributed by atoms with E-state index in [1.54, 1.807) is 12.1 Å². The highest BCUT2D eigenvalue weighted by Gasteiger charge is 2.13. The van der Waals surface area contributed by atoms with Crippen LogP contribution in [-0.4, -0.2) is 18.5 Å². The number of amides is 1. The highest BCUT2D eigenvalue weighted by molar-refractivity contribution is 5.96. The van der Waals surface area contributed by atoms with E-state index in [9.17, 15) is 9.59 Å². The lowest BCUT2D eigenvalue weighted by Gasteiger charge is -2.15. The van der Waals surface area contributed by atoms with E-state index in [-0.39, 0.29) is 12.5 Å². The molecule has 0 aliphatic carbocycles. The Morgan fingerprint density at radius 3 is 2.42 bits per heavy atom. The van der Waals surface area contributed by atoms with Crippen LogP contribution in [-0.2, 0) is 9.53 Å². The van der Waals surface area contributed by atoms with Gasteiger partial charge in [0.05, 0.1) is 5.56 Å². The molecule has 2 aromatic carbocycles. The third-order valence-corrected chi connectivity index (χ3v) is 4.00. The number of anilines is 1. The summed E-state index contributed by atoms with van der Waals surface area (Å²) >= 11 is 0. The van der Waals surface area contributed by atoms with E-state index < -0.39 is 5.97 Å². The van der Waals surface area contributed by atoms with Crippen LogP contribution in [0.5, 0.6) is 0 Å². The van der Waals surface area contributed by atoms with Crippen molar-refractivity contribution < 1.29 is 14.3 Å². The standard InChI is InChI=1S/C20H23NO3/c1-4-15(3)17-7-5-6-8-18(17)21-19(22)13-24-20(23)16-11-9-14(2)10-12-16/h5-12,15H,4,13H2,1-3H3,(H,21,22)/t15-/m1/s1. The van der Waals surface area contributed by atoms with Gasteiger partial charge in [0.15, 0.2) is 6.61 Å². The quantitative estimate of drug-likeness (QED) is 0.805. The number of ether oxygens (including phenoxy) is 1. The molecular weight excluding hydrogens is 302 g/mol. The van der Waals surface area contributed by atoms with Crippen LogP contribution in [0.1, 0.15) is 47.7 Å². The van der Waals surface area contributed by atoms with Crippen LogP contribution in [0.15, 0.2) is 48.5 Å². The average Bonchev–Trinajstić information content (AvgIpc) is 2.60. The first-order valence-corrected chi connectivity index (χ1v) is 8.13. The summed E-state index contributed by atoms with van der Waals surface area (Å²) in [5.74, 6) is -0.497. The van der Waals surface area contributed by atoms with Crippen LogP contribution >= 0.6 is 0 Å². The molecule has 4 nitrogen and oxygen atoms in total. The van der Waals surface area contributed by atoms with Gasteiger partial charge in [-0.2, -0.15) is 0 Å². The zero-order chi connectivity index (χ0) is 17.5. The van der Waals surface area contributed by atoms with Crippen molar-refractivity contribution in [3.8, 4) is 0 Å². The molecule has 0 heterocycles. The normalized spacial score (nSPS) is 11.6. The molecule has 4 heteroatoms. The van der Waals surface area contributed by atoms with Crippen LogP contribution in [0.4, 0.5) is 5.69 Å². The Bertz CT molecular complexity index is 707. The van der Waals surface area contributed by atoms with E-state index in [0.29, 0.717) is 11.5 Å². The molecule has 0 fully saturated rings. The molecule has 0 aliphatic rings. The molecule has 2 rings (SSSR count). The van der Waals surface area contributed by atoms with E-state index in [0.717, 1.165) is 23.2 Å². The van der Waals surface area contributed by atoms with E-state index in [4.69, 9.17) is 4.74 Å². The predicted octanol–water partition coefficient (Wildman–Crippen LogP) is 4.30. The summed E-state index contributed by atoms with van der Waals surface area (Å²) in [5, 5.41) is 2.83. The number of nitrogens with one attached hydrogen (secondary N) is 1. The van der Waals surface area contributed by atoms with Gasteiger partial charge in [0.2, 0.25) is 0 Å². The third kappa shape index (κ3) is 4.69. The number of rotatable bonds is 6. The number of benzene rings is 2. The Hall–Kier alpha value is -2.62. The summed E-state index contributed by atoms with van der Waals surface area (Å²) < 4.78 is 5.08. The fourth-order valence-corrected chi connectivity index (χ4v) is 2.35. The van der Waals surface area contributed by atoms with Crippen molar-refractivity contribution in [2.75, 3.05) is 11.9 Å². The lowest BCUT2D eigenvalue weighted by molar-refractivity contribution is -0.119. The Morgan fingerprint density at radius 1 is 1.08 bits per heavy atom. The van der Waals surface area contributed by atoms with Gasteiger partial charge in [-0.3, -0.25) is 4.79 Å². The number of para-hydroxylation sites is 1. The Morgan fingerprint density at radius 2 is 1.75 bits per heavy atom. The second kappa shape index (κ2) is 8.29. The summed E-state index contributed by atoms with van der Waals surface area (Å²) in [6.45, 7) is 5.86. The van der Waals surface area contributed by atoms with Crippen LogP contribution in [0.3, 0.4) is 0 Å². The lowest BCUT2D eigenvalue weighted by Crippen LogP contribution is -2.21. The van der Waals surface area contributed by atoms with Gasteiger partial charge in [-0.15, -0.1) is 0 Å². The molecule has 24 heavy (non-hydrogen) atoms. The number of carbonyl (C=O) groups excluding carboxylic acids is 2. The minimum absolute atomic E-state index is 0.304. The molecule has 0 spiro atoms. The van der Waals surface area contributed by atoms with Crippen LogP contribution < -0.4 is 5.32 Å². The Labute approximate surface area is 142 Å². The zero-order valence-corrected chi connectivity index (χ0v) is 14.3. The zero-order valence-electron chi connectivity index (χ0n) is 14.3. The molecule has 0 unspecified atom stereocenters. The SMILES string of the molecule is CC[C@@H](C)c1ccccc1NC(=O)COC(=O)c1ccc(C)cc1. The minimum atomic E-state index is -0.500. The van der Waals surface area contributed by atoms with Gasteiger partial charge in [-0.25, -0.2) is 4.79 Å². The van der Waals surface area contributed by atoms with Crippen LogP contribution in [0.25, 0.3) is 0 Å². The lowest BCUT2D eigenvalue weighted by atomic mass is 9.97. The number of hydrogen-bond acceptors (Lipinski definition) is 3. The Kier molecular flexibility index (Phi) is 6.13. The average molecular weight is 325 g/mol. The molecule has 0 saturated carbocycles. The van der Waals surface area contributed by atoms with Gasteiger partial charge in [0, 0.05) is 5.69 Å². The first-order valence-electron chi connectivity index (χ1n) is 8.13. The smallest absolute Gasteiger partial charge is 0.338 e. The van der Waals surface area contributed by atoms with Gasteiger partial charge < -0.3 is 10.1 Å². The fraction of sp³-hybridized carbons (Fsp3) is 0.300. The Balaban J connectivity index is 1.94. The van der Waals surface area contributed by atoms with Crippen LogP contribution in [0.2, 0.25) is 0 Å². The second-order valence-electron chi connectivity index (χ2n) is 5.89. The van der Waals surface area contributed by atoms with E-state index in [1.165, 1.54) is 0 Å². The molecule has 0 bridgehead atoms. The second-order valence-corrected chi connectivity index (χ2v) is 5.89. The summed E-state index contributed by atoms with van der Waals surface area (Å²) in [4.78, 5) is 24.0. The monoisotopic (exact) mass is 325 g/mol. The molecule has 1 N–H and O–H groups in total. The van der Waals surface area contributed by atoms with E-state index in [2.05, 4.69) is 19.2 Å². The summed E-state index contributed by atoms with van der Waals surface area (Å²) in [5.41, 5.74) is 3.35. The predicted molar refractivity (Wildman–Crippen MR) is 95.2 cm³/mol. The van der Waals surface area contributed by atoms with Gasteiger partial charge in [-0.05, 0) is 43.0 Å². The van der Waals surface area contributed by atoms with Crippen molar-refractivity contribution in [1.29, 1.82) is 0 Å². The first-order chi connectivity index (χ1) is 11.5. The molecule has 0 aliphatic heterocycles. The topological polar surface area (TPSA) is 55.4 Å². The van der Waals surface area contributed by atoms with Gasteiger partial charge in [-0.1, -0.05) is 49.7 Å². The molecule has 2 aromatic rings.